The van der Waals surface area contributed by atoms with Crippen LogP contribution in [0.1, 0.15) is 23.7 Å². The first-order chi connectivity index (χ1) is 15.5. The van der Waals surface area contributed by atoms with Gasteiger partial charge in [0.2, 0.25) is 5.88 Å². The van der Waals surface area contributed by atoms with E-state index in [0.717, 1.165) is 4.68 Å². The van der Waals surface area contributed by atoms with Crippen LogP contribution in [0.5, 0.6) is 5.88 Å². The number of benzene rings is 2. The third kappa shape index (κ3) is 6.39. The van der Waals surface area contributed by atoms with Crippen LogP contribution in [0, 0.1) is 0 Å². The first-order valence-corrected chi connectivity index (χ1v) is 10.1. The Morgan fingerprint density at radius 3 is 2.48 bits per heavy atom. The molecule has 1 aromatic heterocycles. The highest BCUT2D eigenvalue weighted by atomic mass is 35.5. The van der Waals surface area contributed by atoms with Crippen molar-refractivity contribution < 1.29 is 32.6 Å². The summed E-state index contributed by atoms with van der Waals surface area (Å²) in [6.45, 7) is -0.704. The molecule has 7 nitrogen and oxygen atoms in total. The second-order valence-electron chi connectivity index (χ2n) is 6.79. The number of ether oxygens (including phenoxy) is 1. The fourth-order valence-electron chi connectivity index (χ4n) is 2.93. The number of amides is 1. The zero-order valence-corrected chi connectivity index (χ0v) is 18.2. The Morgan fingerprint density at radius 2 is 1.85 bits per heavy atom. The van der Waals surface area contributed by atoms with Crippen molar-refractivity contribution in [1.82, 2.24) is 15.1 Å². The fourth-order valence-corrected chi connectivity index (χ4v) is 3.34. The van der Waals surface area contributed by atoms with E-state index in [2.05, 4.69) is 10.4 Å². The van der Waals surface area contributed by atoms with Crippen molar-refractivity contribution in [2.75, 3.05) is 6.61 Å². The van der Waals surface area contributed by atoms with Gasteiger partial charge in [-0.05, 0) is 29.8 Å². The SMILES string of the molecule is O=C(O)CC(NC(=O)COc1cc(C(F)(F)F)nn1-c1ccccc1Cl)c1cccc(Cl)c1. The normalized spacial score (nSPS) is 12.3. The topological polar surface area (TPSA) is 93.5 Å². The summed E-state index contributed by atoms with van der Waals surface area (Å²) in [5.74, 6) is -2.31. The maximum absolute atomic E-state index is 13.2. The molecular weight excluding hydrogens is 486 g/mol. The number of carbonyl (C=O) groups is 2. The lowest BCUT2D eigenvalue weighted by Gasteiger charge is -2.18. The van der Waals surface area contributed by atoms with Gasteiger partial charge in [-0.3, -0.25) is 9.59 Å². The zero-order chi connectivity index (χ0) is 24.2. The lowest BCUT2D eigenvalue weighted by Crippen LogP contribution is -2.34. The number of rotatable bonds is 8. The van der Waals surface area contributed by atoms with Gasteiger partial charge in [0.25, 0.3) is 5.91 Å². The van der Waals surface area contributed by atoms with Crippen LogP contribution < -0.4 is 10.1 Å². The predicted octanol–water partition coefficient (Wildman–Crippen LogP) is 4.91. The number of aliphatic carboxylic acids is 1. The van der Waals surface area contributed by atoms with Crippen LogP contribution in [-0.4, -0.2) is 33.4 Å². The number of carboxylic acid groups (broad SMARTS) is 1. The van der Waals surface area contributed by atoms with Gasteiger partial charge in [-0.2, -0.15) is 23.0 Å². The number of carboxylic acids is 1. The number of alkyl halides is 3. The molecule has 2 aromatic carbocycles. The van der Waals surface area contributed by atoms with Crippen LogP contribution in [0.3, 0.4) is 0 Å². The summed E-state index contributed by atoms with van der Waals surface area (Å²) in [5.41, 5.74) is -0.674. The largest absolute Gasteiger partial charge is 0.481 e. The van der Waals surface area contributed by atoms with Gasteiger partial charge in [-0.1, -0.05) is 47.5 Å². The summed E-state index contributed by atoms with van der Waals surface area (Å²) in [5, 5.41) is 15.6. The van der Waals surface area contributed by atoms with Crippen molar-refractivity contribution in [3.8, 4) is 11.6 Å². The van der Waals surface area contributed by atoms with E-state index < -0.39 is 42.8 Å². The van der Waals surface area contributed by atoms with Crippen molar-refractivity contribution in [3.63, 3.8) is 0 Å². The number of halogens is 5. The number of nitrogens with zero attached hydrogens (tertiary/aromatic N) is 2. The summed E-state index contributed by atoms with van der Waals surface area (Å²) < 4.78 is 45.7. The fraction of sp³-hybridized carbons (Fsp3) is 0.190. The number of aromatic nitrogens is 2. The van der Waals surface area contributed by atoms with Crippen LogP contribution in [0.2, 0.25) is 10.0 Å². The third-order valence-electron chi connectivity index (χ3n) is 4.36. The monoisotopic (exact) mass is 501 g/mol. The van der Waals surface area contributed by atoms with Crippen LogP contribution in [0.25, 0.3) is 5.69 Å². The van der Waals surface area contributed by atoms with E-state index in [9.17, 15) is 22.8 Å². The summed E-state index contributed by atoms with van der Waals surface area (Å²) in [7, 11) is 0. The van der Waals surface area contributed by atoms with Gasteiger partial charge in [0.1, 0.15) is 0 Å². The molecule has 1 heterocycles. The second-order valence-corrected chi connectivity index (χ2v) is 7.63. The quantitative estimate of drug-likeness (QED) is 0.457. The molecule has 174 valence electrons. The first kappa shape index (κ1) is 24.4. The minimum Gasteiger partial charge on any atom is -0.481 e. The summed E-state index contributed by atoms with van der Waals surface area (Å²) in [6, 6.07) is 12.0. The smallest absolute Gasteiger partial charge is 0.435 e. The lowest BCUT2D eigenvalue weighted by molar-refractivity contribution is -0.141. The molecule has 2 N–H and O–H groups in total. The molecule has 0 radical (unpaired) electrons. The van der Waals surface area contributed by atoms with E-state index in [0.29, 0.717) is 16.7 Å². The van der Waals surface area contributed by atoms with Crippen molar-refractivity contribution >= 4 is 35.1 Å². The minimum absolute atomic E-state index is 0.117. The number of carbonyl (C=O) groups excluding carboxylic acids is 1. The van der Waals surface area contributed by atoms with Crippen molar-refractivity contribution in [2.24, 2.45) is 0 Å². The van der Waals surface area contributed by atoms with Gasteiger partial charge in [-0.25, -0.2) is 0 Å². The molecule has 1 unspecified atom stereocenters. The molecule has 3 rings (SSSR count). The highest BCUT2D eigenvalue weighted by Gasteiger charge is 2.36. The van der Waals surface area contributed by atoms with E-state index in [1.165, 1.54) is 18.2 Å². The highest BCUT2D eigenvalue weighted by molar-refractivity contribution is 6.32. The second kappa shape index (κ2) is 10.1. The van der Waals surface area contributed by atoms with Crippen LogP contribution >= 0.6 is 23.2 Å². The zero-order valence-electron chi connectivity index (χ0n) is 16.6. The van der Waals surface area contributed by atoms with Gasteiger partial charge in [0.05, 0.1) is 23.2 Å². The molecule has 0 aliphatic heterocycles. The maximum Gasteiger partial charge on any atom is 0.435 e. The molecule has 33 heavy (non-hydrogen) atoms. The van der Waals surface area contributed by atoms with E-state index in [1.807, 2.05) is 0 Å². The number of hydrogen-bond acceptors (Lipinski definition) is 4. The molecule has 1 atom stereocenters. The molecule has 0 bridgehead atoms. The van der Waals surface area contributed by atoms with Crippen LogP contribution in [0.15, 0.2) is 54.6 Å². The third-order valence-corrected chi connectivity index (χ3v) is 4.92. The molecule has 12 heteroatoms. The Kier molecular flexibility index (Phi) is 7.50. The molecule has 0 saturated carbocycles. The van der Waals surface area contributed by atoms with Gasteiger partial charge in [-0.15, -0.1) is 0 Å². The van der Waals surface area contributed by atoms with Crippen molar-refractivity contribution in [3.05, 3.63) is 75.9 Å². The van der Waals surface area contributed by atoms with Crippen molar-refractivity contribution in [1.29, 1.82) is 0 Å². The van der Waals surface area contributed by atoms with Gasteiger partial charge < -0.3 is 15.2 Å². The van der Waals surface area contributed by atoms with E-state index in [-0.39, 0.29) is 16.6 Å². The molecule has 0 aliphatic carbocycles. The molecule has 3 aromatic rings. The Morgan fingerprint density at radius 1 is 1.12 bits per heavy atom. The summed E-state index contributed by atoms with van der Waals surface area (Å²) >= 11 is 12.0. The Hall–Kier alpha value is -3.24. The molecule has 0 saturated heterocycles. The Balaban J connectivity index is 1.80. The number of hydrogen-bond donors (Lipinski definition) is 2. The van der Waals surface area contributed by atoms with E-state index in [1.54, 1.807) is 30.3 Å². The predicted molar refractivity (Wildman–Crippen MR) is 114 cm³/mol. The molecule has 0 aliphatic rings. The number of para-hydroxylation sites is 1. The molecule has 0 spiro atoms. The van der Waals surface area contributed by atoms with Gasteiger partial charge in [0, 0.05) is 11.1 Å². The van der Waals surface area contributed by atoms with Gasteiger partial charge in [0.15, 0.2) is 12.3 Å². The maximum atomic E-state index is 13.2. The van der Waals surface area contributed by atoms with Crippen LogP contribution in [0.4, 0.5) is 13.2 Å². The lowest BCUT2D eigenvalue weighted by atomic mass is 10.0. The average Bonchev–Trinajstić information content (AvgIpc) is 3.16. The Bertz CT molecular complexity index is 1170. The summed E-state index contributed by atoms with van der Waals surface area (Å²) in [6.07, 6.45) is -5.20. The van der Waals surface area contributed by atoms with E-state index >= 15 is 0 Å². The average molecular weight is 502 g/mol. The highest BCUT2D eigenvalue weighted by Crippen LogP contribution is 2.33. The van der Waals surface area contributed by atoms with E-state index in [4.69, 9.17) is 33.0 Å². The molecule has 1 amide bonds. The molecule has 0 fully saturated rings. The standard InChI is InChI=1S/C21H16Cl2F3N3O4/c22-13-5-3-4-12(8-13)15(9-20(31)32)27-18(30)11-33-19-10-17(21(24,25)26)28-29(19)16-7-2-1-6-14(16)23/h1-8,10,15H,9,11H2,(H,27,30)(H,31,32). The van der Waals surface area contributed by atoms with Crippen LogP contribution in [-0.2, 0) is 15.8 Å². The first-order valence-electron chi connectivity index (χ1n) is 9.36. The summed E-state index contributed by atoms with van der Waals surface area (Å²) in [4.78, 5) is 23.7. The minimum atomic E-state index is -4.76. The van der Waals surface area contributed by atoms with Gasteiger partial charge >= 0.3 is 12.1 Å². The Labute approximate surface area is 195 Å². The number of nitrogens with one attached hydrogen (secondary N) is 1. The van der Waals surface area contributed by atoms with Crippen molar-refractivity contribution in [2.45, 2.75) is 18.6 Å². The molecular formula is C21H16Cl2F3N3O4.